The Morgan fingerprint density at radius 3 is 2.47 bits per heavy atom. The Bertz CT molecular complexity index is 518. The second-order valence-electron chi connectivity index (χ2n) is 4.87. The summed E-state index contributed by atoms with van der Waals surface area (Å²) < 4.78 is 39.4. The number of halogens is 2. The summed E-state index contributed by atoms with van der Waals surface area (Å²) in [6.45, 7) is 0.341. The van der Waals surface area contributed by atoms with Crippen molar-refractivity contribution in [2.75, 3.05) is 6.54 Å². The van der Waals surface area contributed by atoms with Crippen LogP contribution in [0.15, 0.2) is 29.2 Å². The molecule has 0 aliphatic heterocycles. The molecule has 1 saturated carbocycles. The van der Waals surface area contributed by atoms with Gasteiger partial charge in [-0.15, -0.1) is 11.6 Å². The Morgan fingerprint density at radius 1 is 1.21 bits per heavy atom. The van der Waals surface area contributed by atoms with Crippen molar-refractivity contribution < 1.29 is 12.8 Å². The van der Waals surface area contributed by atoms with Crippen LogP contribution in [0.2, 0.25) is 0 Å². The number of hydrogen-bond donors (Lipinski definition) is 1. The zero-order valence-corrected chi connectivity index (χ0v) is 12.1. The third-order valence-electron chi connectivity index (χ3n) is 3.48. The van der Waals surface area contributed by atoms with Crippen LogP contribution in [-0.2, 0) is 10.0 Å². The molecule has 0 spiro atoms. The van der Waals surface area contributed by atoms with E-state index in [1.165, 1.54) is 12.1 Å². The van der Waals surface area contributed by atoms with Crippen LogP contribution in [0.4, 0.5) is 4.39 Å². The second-order valence-corrected chi connectivity index (χ2v) is 7.19. The molecule has 1 aliphatic rings. The molecule has 2 unspecified atom stereocenters. The number of hydrogen-bond acceptors (Lipinski definition) is 2. The number of sulfonamides is 1. The highest BCUT2D eigenvalue weighted by Gasteiger charge is 2.25. The van der Waals surface area contributed by atoms with Crippen molar-refractivity contribution >= 4 is 21.6 Å². The van der Waals surface area contributed by atoms with Crippen molar-refractivity contribution in [1.82, 2.24) is 4.72 Å². The van der Waals surface area contributed by atoms with Gasteiger partial charge in [0.25, 0.3) is 0 Å². The van der Waals surface area contributed by atoms with Crippen LogP contribution in [0, 0.1) is 11.7 Å². The molecule has 3 nitrogen and oxygen atoms in total. The van der Waals surface area contributed by atoms with E-state index >= 15 is 0 Å². The lowest BCUT2D eigenvalue weighted by Crippen LogP contribution is -2.34. The average molecular weight is 306 g/mol. The van der Waals surface area contributed by atoms with Crippen molar-refractivity contribution in [3.05, 3.63) is 30.1 Å². The molecule has 1 fully saturated rings. The van der Waals surface area contributed by atoms with Gasteiger partial charge in [0.2, 0.25) is 10.0 Å². The highest BCUT2D eigenvalue weighted by molar-refractivity contribution is 7.89. The summed E-state index contributed by atoms with van der Waals surface area (Å²) in [6, 6.07) is 4.80. The first-order valence-corrected chi connectivity index (χ1v) is 8.30. The summed E-state index contributed by atoms with van der Waals surface area (Å²) in [7, 11) is -3.58. The normalized spacial score (nSPS) is 24.3. The molecular formula is C13H17ClFNO2S. The molecule has 19 heavy (non-hydrogen) atoms. The van der Waals surface area contributed by atoms with Gasteiger partial charge in [-0.25, -0.2) is 17.5 Å². The molecule has 0 saturated heterocycles. The van der Waals surface area contributed by atoms with Gasteiger partial charge in [0, 0.05) is 11.9 Å². The summed E-state index contributed by atoms with van der Waals surface area (Å²) in [5.41, 5.74) is 0. The van der Waals surface area contributed by atoms with Crippen LogP contribution in [0.1, 0.15) is 25.7 Å². The summed E-state index contributed by atoms with van der Waals surface area (Å²) in [5, 5.41) is 0.0321. The van der Waals surface area contributed by atoms with Crippen LogP contribution < -0.4 is 4.72 Å². The first-order valence-electron chi connectivity index (χ1n) is 6.38. The van der Waals surface area contributed by atoms with Gasteiger partial charge >= 0.3 is 0 Å². The van der Waals surface area contributed by atoms with Gasteiger partial charge in [0.15, 0.2) is 0 Å². The zero-order chi connectivity index (χ0) is 13.9. The lowest BCUT2D eigenvalue weighted by Gasteiger charge is -2.27. The highest BCUT2D eigenvalue weighted by atomic mass is 35.5. The quantitative estimate of drug-likeness (QED) is 0.869. The summed E-state index contributed by atoms with van der Waals surface area (Å²) in [4.78, 5) is 0.0795. The maximum atomic E-state index is 12.8. The summed E-state index contributed by atoms with van der Waals surface area (Å²) in [6.07, 6.45) is 4.08. The highest BCUT2D eigenvalue weighted by Crippen LogP contribution is 2.28. The molecule has 1 aliphatic carbocycles. The largest absolute Gasteiger partial charge is 0.240 e. The van der Waals surface area contributed by atoms with E-state index in [4.69, 9.17) is 11.6 Å². The van der Waals surface area contributed by atoms with E-state index in [-0.39, 0.29) is 16.2 Å². The average Bonchev–Trinajstić information content (AvgIpc) is 2.38. The predicted octanol–water partition coefficient (Wildman–Crippen LogP) is 2.90. The molecular weight excluding hydrogens is 289 g/mol. The SMILES string of the molecule is O=S(=O)(NCC1CCCCC1Cl)c1ccc(F)cc1. The van der Waals surface area contributed by atoms with Gasteiger partial charge in [-0.3, -0.25) is 0 Å². The minimum atomic E-state index is -3.58. The Balaban J connectivity index is 1.99. The lowest BCUT2D eigenvalue weighted by atomic mass is 9.89. The fraction of sp³-hybridized carbons (Fsp3) is 0.538. The fourth-order valence-corrected chi connectivity index (χ4v) is 3.77. The van der Waals surface area contributed by atoms with Gasteiger partial charge in [0.1, 0.15) is 5.82 Å². The third-order valence-corrected chi connectivity index (χ3v) is 5.49. The van der Waals surface area contributed by atoms with Crippen molar-refractivity contribution in [3.8, 4) is 0 Å². The molecule has 1 aromatic rings. The van der Waals surface area contributed by atoms with Crippen LogP contribution in [0.3, 0.4) is 0 Å². The smallest absolute Gasteiger partial charge is 0.211 e. The van der Waals surface area contributed by atoms with E-state index in [0.29, 0.717) is 6.54 Å². The zero-order valence-electron chi connectivity index (χ0n) is 10.5. The molecule has 1 N–H and O–H groups in total. The van der Waals surface area contributed by atoms with Crippen LogP contribution in [0.25, 0.3) is 0 Å². The van der Waals surface area contributed by atoms with E-state index in [1.54, 1.807) is 0 Å². The summed E-state index contributed by atoms with van der Waals surface area (Å²) >= 11 is 6.19. The minimum Gasteiger partial charge on any atom is -0.211 e. The van der Waals surface area contributed by atoms with Gasteiger partial charge in [0.05, 0.1) is 4.90 Å². The van der Waals surface area contributed by atoms with Crippen LogP contribution in [-0.4, -0.2) is 20.3 Å². The van der Waals surface area contributed by atoms with E-state index in [9.17, 15) is 12.8 Å². The van der Waals surface area contributed by atoms with Crippen molar-refractivity contribution in [1.29, 1.82) is 0 Å². The fourth-order valence-electron chi connectivity index (χ4n) is 2.31. The van der Waals surface area contributed by atoms with Crippen LogP contribution >= 0.6 is 11.6 Å². The Labute approximate surface area is 118 Å². The van der Waals surface area contributed by atoms with Gasteiger partial charge in [-0.1, -0.05) is 12.8 Å². The number of rotatable bonds is 4. The summed E-state index contributed by atoms with van der Waals surface area (Å²) in [5.74, 6) is -0.280. The molecule has 0 bridgehead atoms. The monoisotopic (exact) mass is 305 g/mol. The molecule has 0 aromatic heterocycles. The number of nitrogens with one attached hydrogen (secondary N) is 1. The Hall–Kier alpha value is -0.650. The molecule has 0 amide bonds. The number of alkyl halides is 1. The van der Waals surface area contributed by atoms with E-state index in [1.807, 2.05) is 0 Å². The van der Waals surface area contributed by atoms with Crippen molar-refractivity contribution in [2.45, 2.75) is 36.0 Å². The Morgan fingerprint density at radius 2 is 1.84 bits per heavy atom. The van der Waals surface area contributed by atoms with Crippen molar-refractivity contribution in [2.24, 2.45) is 5.92 Å². The van der Waals surface area contributed by atoms with Crippen molar-refractivity contribution in [3.63, 3.8) is 0 Å². The van der Waals surface area contributed by atoms with E-state index in [0.717, 1.165) is 37.8 Å². The molecule has 6 heteroatoms. The predicted molar refractivity (Wildman–Crippen MR) is 73.2 cm³/mol. The van der Waals surface area contributed by atoms with Gasteiger partial charge in [-0.05, 0) is 43.0 Å². The molecule has 1 aromatic carbocycles. The molecule has 106 valence electrons. The van der Waals surface area contributed by atoms with Crippen LogP contribution in [0.5, 0.6) is 0 Å². The Kier molecular flexibility index (Phi) is 4.81. The third kappa shape index (κ3) is 3.91. The first-order chi connectivity index (χ1) is 8.99. The molecule has 0 radical (unpaired) electrons. The topological polar surface area (TPSA) is 46.2 Å². The van der Waals surface area contributed by atoms with E-state index < -0.39 is 15.8 Å². The molecule has 2 atom stereocenters. The second kappa shape index (κ2) is 6.20. The standard InChI is InChI=1S/C13H17ClFNO2S/c14-13-4-2-1-3-10(13)9-16-19(17,18)12-7-5-11(15)6-8-12/h5-8,10,13,16H,1-4,9H2. The molecule has 2 rings (SSSR count). The first kappa shape index (κ1) is 14.8. The molecule has 0 heterocycles. The lowest BCUT2D eigenvalue weighted by molar-refractivity contribution is 0.364. The maximum absolute atomic E-state index is 12.8. The van der Waals surface area contributed by atoms with E-state index in [2.05, 4.69) is 4.72 Å². The maximum Gasteiger partial charge on any atom is 0.240 e. The van der Waals surface area contributed by atoms with Gasteiger partial charge in [-0.2, -0.15) is 0 Å². The number of benzene rings is 1. The van der Waals surface area contributed by atoms with Gasteiger partial charge < -0.3 is 0 Å². The minimum absolute atomic E-state index is 0.0321.